The Morgan fingerprint density at radius 2 is 2.05 bits per heavy atom. The van der Waals surface area contributed by atoms with Crippen LogP contribution in [0.15, 0.2) is 23.1 Å². The predicted molar refractivity (Wildman–Crippen MR) is 75.1 cm³/mol. The van der Waals surface area contributed by atoms with Gasteiger partial charge in [-0.05, 0) is 18.2 Å². The summed E-state index contributed by atoms with van der Waals surface area (Å²) >= 11 is 0. The monoisotopic (exact) mass is 314 g/mol. The summed E-state index contributed by atoms with van der Waals surface area (Å²) < 4.78 is 39.7. The number of hydrogen-bond acceptors (Lipinski definition) is 4. The topological polar surface area (TPSA) is 127 Å². The van der Waals surface area contributed by atoms with Crippen molar-refractivity contribution in [1.29, 1.82) is 0 Å². The molecule has 0 radical (unpaired) electrons. The number of hydrogen-bond donors (Lipinski definition) is 4. The van der Waals surface area contributed by atoms with Gasteiger partial charge in [0.05, 0.1) is 6.54 Å². The number of carbonyl (C=O) groups excluding carboxylic acids is 1. The van der Waals surface area contributed by atoms with E-state index in [0.29, 0.717) is 5.56 Å². The zero-order valence-electron chi connectivity index (χ0n) is 11.0. The standard InChI is InChI=1S/C12H15FN4O3S/c13-10-8-9(2-1-5-14)3-4-11(10)21(19,20)17-7-6-16-12(15)18/h3-4,8,17H,5-7,14H2,(H3,15,16,18). The molecule has 0 aliphatic carbocycles. The van der Waals surface area contributed by atoms with Crippen LogP contribution < -0.4 is 21.5 Å². The lowest BCUT2D eigenvalue weighted by Crippen LogP contribution is -2.37. The molecular formula is C12H15FN4O3S. The highest BCUT2D eigenvalue weighted by molar-refractivity contribution is 7.89. The zero-order chi connectivity index (χ0) is 15.9. The van der Waals surface area contributed by atoms with E-state index in [9.17, 15) is 17.6 Å². The van der Waals surface area contributed by atoms with E-state index in [2.05, 4.69) is 21.9 Å². The minimum atomic E-state index is -4.02. The Kier molecular flexibility index (Phi) is 6.10. The molecule has 0 bridgehead atoms. The van der Waals surface area contributed by atoms with Crippen LogP contribution in [0.4, 0.5) is 9.18 Å². The van der Waals surface area contributed by atoms with Gasteiger partial charge < -0.3 is 16.8 Å². The maximum atomic E-state index is 13.8. The molecule has 2 amide bonds. The molecule has 6 N–H and O–H groups in total. The van der Waals surface area contributed by atoms with Crippen molar-refractivity contribution in [2.45, 2.75) is 4.90 Å². The predicted octanol–water partition coefficient (Wildman–Crippen LogP) is -0.917. The fourth-order valence-corrected chi connectivity index (χ4v) is 2.49. The summed E-state index contributed by atoms with van der Waals surface area (Å²) in [7, 11) is -4.02. The second kappa shape index (κ2) is 7.58. The highest BCUT2D eigenvalue weighted by atomic mass is 32.2. The van der Waals surface area contributed by atoms with Crippen LogP contribution in [0.2, 0.25) is 0 Å². The highest BCUT2D eigenvalue weighted by Gasteiger charge is 2.18. The summed E-state index contributed by atoms with van der Waals surface area (Å²) in [5.41, 5.74) is 10.3. The number of benzene rings is 1. The fraction of sp³-hybridized carbons (Fsp3) is 0.250. The van der Waals surface area contributed by atoms with Crippen molar-refractivity contribution in [2.24, 2.45) is 11.5 Å². The molecule has 0 fully saturated rings. The molecule has 0 atom stereocenters. The summed E-state index contributed by atoms with van der Waals surface area (Å²) in [4.78, 5) is 9.92. The van der Waals surface area contributed by atoms with Gasteiger partial charge >= 0.3 is 6.03 Å². The number of sulfonamides is 1. The van der Waals surface area contributed by atoms with Gasteiger partial charge in [0.1, 0.15) is 10.7 Å². The Labute approximate surface area is 121 Å². The van der Waals surface area contributed by atoms with E-state index in [4.69, 9.17) is 11.5 Å². The van der Waals surface area contributed by atoms with Crippen LogP contribution in [-0.2, 0) is 10.0 Å². The molecule has 21 heavy (non-hydrogen) atoms. The van der Waals surface area contributed by atoms with E-state index in [1.54, 1.807) is 0 Å². The third kappa shape index (κ3) is 5.39. The Bertz CT molecular complexity index is 679. The van der Waals surface area contributed by atoms with E-state index >= 15 is 0 Å². The summed E-state index contributed by atoms with van der Waals surface area (Å²) in [5, 5.41) is 2.20. The van der Waals surface area contributed by atoms with Crippen molar-refractivity contribution in [1.82, 2.24) is 10.0 Å². The maximum Gasteiger partial charge on any atom is 0.312 e. The van der Waals surface area contributed by atoms with Crippen molar-refractivity contribution >= 4 is 16.1 Å². The second-order valence-electron chi connectivity index (χ2n) is 3.84. The van der Waals surface area contributed by atoms with Crippen molar-refractivity contribution in [3.8, 4) is 11.8 Å². The first-order valence-corrected chi connectivity index (χ1v) is 7.36. The molecule has 1 aromatic rings. The Balaban J connectivity index is 2.81. The first-order valence-electron chi connectivity index (χ1n) is 5.88. The van der Waals surface area contributed by atoms with E-state index in [1.165, 1.54) is 6.07 Å². The molecule has 0 aliphatic heterocycles. The summed E-state index contributed by atoms with van der Waals surface area (Å²) in [6.07, 6.45) is 0. The van der Waals surface area contributed by atoms with Gasteiger partial charge in [-0.3, -0.25) is 0 Å². The van der Waals surface area contributed by atoms with E-state index in [0.717, 1.165) is 12.1 Å². The van der Waals surface area contributed by atoms with Crippen molar-refractivity contribution < 1.29 is 17.6 Å². The minimum absolute atomic E-state index is 0.00373. The number of carbonyl (C=O) groups is 1. The Morgan fingerprint density at radius 1 is 1.33 bits per heavy atom. The van der Waals surface area contributed by atoms with Gasteiger partial charge in [0.15, 0.2) is 0 Å². The van der Waals surface area contributed by atoms with Crippen molar-refractivity contribution in [3.05, 3.63) is 29.6 Å². The third-order valence-corrected chi connectivity index (χ3v) is 3.77. The molecule has 0 unspecified atom stereocenters. The maximum absolute atomic E-state index is 13.8. The van der Waals surface area contributed by atoms with E-state index < -0.39 is 26.8 Å². The number of amides is 2. The van der Waals surface area contributed by atoms with Crippen molar-refractivity contribution in [2.75, 3.05) is 19.6 Å². The largest absolute Gasteiger partial charge is 0.352 e. The quantitative estimate of drug-likeness (QED) is 0.414. The number of urea groups is 1. The van der Waals surface area contributed by atoms with E-state index in [-0.39, 0.29) is 19.6 Å². The molecule has 0 spiro atoms. The van der Waals surface area contributed by atoms with Crippen LogP contribution >= 0.6 is 0 Å². The van der Waals surface area contributed by atoms with Crippen LogP contribution in [0.1, 0.15) is 5.56 Å². The van der Waals surface area contributed by atoms with Gasteiger partial charge in [0, 0.05) is 18.7 Å². The molecule has 7 nitrogen and oxygen atoms in total. The highest BCUT2D eigenvalue weighted by Crippen LogP contribution is 2.15. The third-order valence-electron chi connectivity index (χ3n) is 2.27. The van der Waals surface area contributed by atoms with Crippen LogP contribution in [0.25, 0.3) is 0 Å². The second-order valence-corrected chi connectivity index (χ2v) is 5.58. The van der Waals surface area contributed by atoms with Gasteiger partial charge in [0.2, 0.25) is 10.0 Å². The average molecular weight is 314 g/mol. The molecule has 0 heterocycles. The number of nitrogens with two attached hydrogens (primary N) is 2. The summed E-state index contributed by atoms with van der Waals surface area (Å²) in [5.74, 6) is 4.21. The Morgan fingerprint density at radius 3 is 2.62 bits per heavy atom. The molecule has 0 aromatic heterocycles. The lowest BCUT2D eigenvalue weighted by molar-refractivity contribution is 0.249. The number of halogens is 1. The molecule has 1 rings (SSSR count). The molecule has 1 aromatic carbocycles. The molecular weight excluding hydrogens is 299 g/mol. The SMILES string of the molecule is NCC#Cc1ccc(S(=O)(=O)NCCNC(N)=O)c(F)c1. The number of nitrogens with one attached hydrogen (secondary N) is 2. The van der Waals surface area contributed by atoms with Gasteiger partial charge in [-0.15, -0.1) is 0 Å². The smallest absolute Gasteiger partial charge is 0.312 e. The lowest BCUT2D eigenvalue weighted by atomic mass is 10.2. The molecule has 0 saturated heterocycles. The first kappa shape index (κ1) is 16.9. The van der Waals surface area contributed by atoms with Gasteiger partial charge in [-0.25, -0.2) is 22.3 Å². The normalized spacial score (nSPS) is 10.6. The Hall–Kier alpha value is -2.15. The first-order chi connectivity index (χ1) is 9.86. The molecule has 0 aliphatic rings. The van der Waals surface area contributed by atoms with Crippen LogP contribution in [0.5, 0.6) is 0 Å². The van der Waals surface area contributed by atoms with Gasteiger partial charge in [-0.1, -0.05) is 11.8 Å². The zero-order valence-corrected chi connectivity index (χ0v) is 11.8. The van der Waals surface area contributed by atoms with E-state index in [1.807, 2.05) is 0 Å². The summed E-state index contributed by atoms with van der Waals surface area (Å²) in [6.45, 7) is 0.00573. The van der Waals surface area contributed by atoms with Crippen LogP contribution in [-0.4, -0.2) is 34.1 Å². The van der Waals surface area contributed by atoms with Crippen LogP contribution in [0, 0.1) is 17.7 Å². The number of rotatable bonds is 5. The summed E-state index contributed by atoms with van der Waals surface area (Å²) in [6, 6.07) is 2.73. The molecule has 9 heteroatoms. The minimum Gasteiger partial charge on any atom is -0.352 e. The number of primary amides is 1. The van der Waals surface area contributed by atoms with Crippen LogP contribution in [0.3, 0.4) is 0 Å². The lowest BCUT2D eigenvalue weighted by Gasteiger charge is -2.08. The van der Waals surface area contributed by atoms with Gasteiger partial charge in [0.25, 0.3) is 0 Å². The molecule has 0 saturated carbocycles. The average Bonchev–Trinajstić information content (AvgIpc) is 2.41. The molecule has 114 valence electrons. The van der Waals surface area contributed by atoms with Gasteiger partial charge in [-0.2, -0.15) is 0 Å². The fourth-order valence-electron chi connectivity index (χ4n) is 1.40. The van der Waals surface area contributed by atoms with Crippen molar-refractivity contribution in [3.63, 3.8) is 0 Å².